The molecular weight excluding hydrogens is 184 g/mol. The van der Waals surface area contributed by atoms with Gasteiger partial charge in [-0.3, -0.25) is 0 Å². The highest BCUT2D eigenvalue weighted by molar-refractivity contribution is 5.26. The van der Waals surface area contributed by atoms with Crippen LogP contribution in [0.15, 0.2) is 12.1 Å². The number of hydrogen-bond donors (Lipinski definition) is 1. The standard InChI is InChI=1S/C11H15F2N/c1-3-14-7-6-9-10(12)5-4-8(2)11(9)13/h4-5,14H,3,6-7H2,1-2H3. The number of halogens is 2. The van der Waals surface area contributed by atoms with Crippen molar-refractivity contribution in [1.29, 1.82) is 0 Å². The second kappa shape index (κ2) is 5.05. The van der Waals surface area contributed by atoms with Gasteiger partial charge >= 0.3 is 0 Å². The van der Waals surface area contributed by atoms with E-state index in [1.54, 1.807) is 6.92 Å². The van der Waals surface area contributed by atoms with Crippen LogP contribution in [0.4, 0.5) is 8.78 Å². The van der Waals surface area contributed by atoms with Crippen LogP contribution in [0.2, 0.25) is 0 Å². The van der Waals surface area contributed by atoms with Gasteiger partial charge in [0.15, 0.2) is 0 Å². The molecule has 78 valence electrons. The van der Waals surface area contributed by atoms with E-state index in [1.165, 1.54) is 12.1 Å². The molecule has 0 bridgehead atoms. The lowest BCUT2D eigenvalue weighted by molar-refractivity contribution is 0.543. The Hall–Kier alpha value is -0.960. The third kappa shape index (κ3) is 2.51. The molecule has 0 saturated carbocycles. The Balaban J connectivity index is 2.79. The normalized spacial score (nSPS) is 10.6. The van der Waals surface area contributed by atoms with Gasteiger partial charge in [0.2, 0.25) is 0 Å². The number of rotatable bonds is 4. The van der Waals surface area contributed by atoms with Gasteiger partial charge in [0.25, 0.3) is 0 Å². The molecule has 0 aromatic heterocycles. The van der Waals surface area contributed by atoms with Gasteiger partial charge in [0.05, 0.1) is 0 Å². The average molecular weight is 199 g/mol. The van der Waals surface area contributed by atoms with E-state index in [4.69, 9.17) is 0 Å². The maximum absolute atomic E-state index is 13.4. The lowest BCUT2D eigenvalue weighted by Crippen LogP contribution is -2.17. The maximum atomic E-state index is 13.4. The summed E-state index contributed by atoms with van der Waals surface area (Å²) in [5.74, 6) is -0.867. The Labute approximate surface area is 83.1 Å². The van der Waals surface area contributed by atoms with Gasteiger partial charge in [-0.2, -0.15) is 0 Å². The van der Waals surface area contributed by atoms with E-state index in [0.29, 0.717) is 18.5 Å². The topological polar surface area (TPSA) is 12.0 Å². The summed E-state index contributed by atoms with van der Waals surface area (Å²) in [5, 5.41) is 3.04. The molecule has 1 N–H and O–H groups in total. The minimum Gasteiger partial charge on any atom is -0.317 e. The van der Waals surface area contributed by atoms with Crippen molar-refractivity contribution in [3.05, 3.63) is 34.9 Å². The fraction of sp³-hybridized carbons (Fsp3) is 0.455. The highest BCUT2D eigenvalue weighted by atomic mass is 19.1. The fourth-order valence-electron chi connectivity index (χ4n) is 1.33. The molecule has 1 rings (SSSR count). The molecule has 0 atom stereocenters. The van der Waals surface area contributed by atoms with E-state index in [0.717, 1.165) is 6.54 Å². The number of likely N-dealkylation sites (N-methyl/N-ethyl adjacent to an activating group) is 1. The van der Waals surface area contributed by atoms with Crippen molar-refractivity contribution in [1.82, 2.24) is 5.32 Å². The first kappa shape index (κ1) is 11.1. The van der Waals surface area contributed by atoms with Crippen LogP contribution in [-0.2, 0) is 6.42 Å². The van der Waals surface area contributed by atoms with Crippen molar-refractivity contribution >= 4 is 0 Å². The molecule has 1 aromatic rings. The molecule has 0 fully saturated rings. The van der Waals surface area contributed by atoms with E-state index >= 15 is 0 Å². The Morgan fingerprint density at radius 2 is 2.00 bits per heavy atom. The summed E-state index contributed by atoms with van der Waals surface area (Å²) in [7, 11) is 0. The molecule has 0 heterocycles. The van der Waals surface area contributed by atoms with Crippen LogP contribution < -0.4 is 5.32 Å². The Morgan fingerprint density at radius 1 is 1.29 bits per heavy atom. The molecule has 0 unspecified atom stereocenters. The molecule has 14 heavy (non-hydrogen) atoms. The molecule has 3 heteroatoms. The van der Waals surface area contributed by atoms with E-state index in [9.17, 15) is 8.78 Å². The van der Waals surface area contributed by atoms with Gasteiger partial charge in [0, 0.05) is 5.56 Å². The molecule has 0 saturated heterocycles. The van der Waals surface area contributed by atoms with Gasteiger partial charge in [-0.25, -0.2) is 8.78 Å². The summed E-state index contributed by atoms with van der Waals surface area (Å²) in [4.78, 5) is 0. The predicted molar refractivity (Wildman–Crippen MR) is 53.3 cm³/mol. The van der Waals surface area contributed by atoms with Crippen molar-refractivity contribution in [2.45, 2.75) is 20.3 Å². The first-order valence-electron chi connectivity index (χ1n) is 4.81. The van der Waals surface area contributed by atoms with Crippen molar-refractivity contribution in [3.8, 4) is 0 Å². The molecule has 1 aromatic carbocycles. The molecule has 0 aliphatic carbocycles. The monoisotopic (exact) mass is 199 g/mol. The third-order valence-electron chi connectivity index (χ3n) is 2.18. The molecule has 0 amide bonds. The smallest absolute Gasteiger partial charge is 0.132 e. The largest absolute Gasteiger partial charge is 0.317 e. The SMILES string of the molecule is CCNCCc1c(F)ccc(C)c1F. The average Bonchev–Trinajstić information content (AvgIpc) is 2.18. The van der Waals surface area contributed by atoms with Gasteiger partial charge in [-0.15, -0.1) is 0 Å². The van der Waals surface area contributed by atoms with Gasteiger partial charge in [-0.1, -0.05) is 13.0 Å². The number of hydrogen-bond acceptors (Lipinski definition) is 1. The Kier molecular flexibility index (Phi) is 4.01. The van der Waals surface area contributed by atoms with Gasteiger partial charge in [-0.05, 0) is 38.1 Å². The van der Waals surface area contributed by atoms with E-state index in [1.807, 2.05) is 6.92 Å². The predicted octanol–water partition coefficient (Wildman–Crippen LogP) is 2.43. The van der Waals surface area contributed by atoms with Crippen LogP contribution in [0.1, 0.15) is 18.1 Å². The van der Waals surface area contributed by atoms with Crippen LogP contribution in [0.5, 0.6) is 0 Å². The lowest BCUT2D eigenvalue weighted by atomic mass is 10.1. The summed E-state index contributed by atoms with van der Waals surface area (Å²) in [5.41, 5.74) is 0.684. The summed E-state index contributed by atoms with van der Waals surface area (Å²) < 4.78 is 26.6. The van der Waals surface area contributed by atoms with E-state index in [-0.39, 0.29) is 5.56 Å². The summed E-state index contributed by atoms with van der Waals surface area (Å²) in [6.07, 6.45) is 0.396. The quantitative estimate of drug-likeness (QED) is 0.734. The van der Waals surface area contributed by atoms with Crippen molar-refractivity contribution in [2.24, 2.45) is 0 Å². The molecule has 0 spiro atoms. The summed E-state index contributed by atoms with van der Waals surface area (Å²) >= 11 is 0. The fourth-order valence-corrected chi connectivity index (χ4v) is 1.33. The van der Waals surface area contributed by atoms with Gasteiger partial charge < -0.3 is 5.32 Å². The molecule has 0 aliphatic rings. The second-order valence-corrected chi connectivity index (χ2v) is 3.26. The highest BCUT2D eigenvalue weighted by Gasteiger charge is 2.10. The van der Waals surface area contributed by atoms with Crippen LogP contribution in [0, 0.1) is 18.6 Å². The van der Waals surface area contributed by atoms with Crippen molar-refractivity contribution in [2.75, 3.05) is 13.1 Å². The number of nitrogens with one attached hydrogen (secondary N) is 1. The van der Waals surface area contributed by atoms with E-state index in [2.05, 4.69) is 5.32 Å². The first-order valence-corrected chi connectivity index (χ1v) is 4.81. The minimum atomic E-state index is -0.453. The Bertz CT molecular complexity index is 310. The van der Waals surface area contributed by atoms with Crippen LogP contribution in [0.3, 0.4) is 0 Å². The second-order valence-electron chi connectivity index (χ2n) is 3.26. The first-order chi connectivity index (χ1) is 6.66. The summed E-state index contributed by atoms with van der Waals surface area (Å²) in [6, 6.07) is 2.78. The van der Waals surface area contributed by atoms with E-state index < -0.39 is 11.6 Å². The Morgan fingerprint density at radius 3 is 2.64 bits per heavy atom. The lowest BCUT2D eigenvalue weighted by Gasteiger charge is -2.07. The highest BCUT2D eigenvalue weighted by Crippen LogP contribution is 2.16. The molecule has 0 aliphatic heterocycles. The van der Waals surface area contributed by atoms with Crippen LogP contribution >= 0.6 is 0 Å². The molecule has 1 nitrogen and oxygen atoms in total. The van der Waals surface area contributed by atoms with Gasteiger partial charge in [0.1, 0.15) is 11.6 Å². The zero-order valence-corrected chi connectivity index (χ0v) is 8.53. The minimum absolute atomic E-state index is 0.186. The third-order valence-corrected chi connectivity index (χ3v) is 2.18. The van der Waals surface area contributed by atoms with Crippen LogP contribution in [-0.4, -0.2) is 13.1 Å². The zero-order chi connectivity index (χ0) is 10.6. The van der Waals surface area contributed by atoms with Crippen molar-refractivity contribution < 1.29 is 8.78 Å². The van der Waals surface area contributed by atoms with Crippen LogP contribution in [0.25, 0.3) is 0 Å². The molecular formula is C11H15F2N. The maximum Gasteiger partial charge on any atom is 0.132 e. The number of benzene rings is 1. The molecule has 0 radical (unpaired) electrons. The zero-order valence-electron chi connectivity index (χ0n) is 8.53. The number of aryl methyl sites for hydroxylation is 1. The summed E-state index contributed by atoms with van der Waals surface area (Å²) in [6.45, 7) is 5.03. The van der Waals surface area contributed by atoms with Crippen molar-refractivity contribution in [3.63, 3.8) is 0 Å².